The smallest absolute Gasteiger partial charge is 0.258 e. The highest BCUT2D eigenvalue weighted by molar-refractivity contribution is 7.10. The van der Waals surface area contributed by atoms with Crippen LogP contribution in [0, 0.1) is 5.92 Å². The maximum absolute atomic E-state index is 13.8. The van der Waals surface area contributed by atoms with Crippen LogP contribution >= 0.6 is 11.3 Å². The molecule has 196 valence electrons. The number of hydrogen-bond acceptors (Lipinski definition) is 6. The predicted octanol–water partition coefficient (Wildman–Crippen LogP) is 5.07. The van der Waals surface area contributed by atoms with Crippen molar-refractivity contribution in [2.45, 2.75) is 26.3 Å². The van der Waals surface area contributed by atoms with Crippen molar-refractivity contribution in [3.05, 3.63) is 76.0 Å². The third-order valence-corrected chi connectivity index (χ3v) is 7.41. The van der Waals surface area contributed by atoms with Gasteiger partial charge in [-0.2, -0.15) is 0 Å². The maximum Gasteiger partial charge on any atom is 0.258 e. The molecule has 0 radical (unpaired) electrons. The highest BCUT2D eigenvalue weighted by Crippen LogP contribution is 2.35. The van der Waals surface area contributed by atoms with Crippen LogP contribution in [0.4, 0.5) is 0 Å². The van der Waals surface area contributed by atoms with E-state index in [1.165, 1.54) is 4.88 Å². The van der Waals surface area contributed by atoms with E-state index in [9.17, 15) is 9.59 Å². The number of nitrogens with zero attached hydrogens (tertiary/aromatic N) is 2. The standard InChI is InChI=1S/C29H34N2O5S/c1-20(2)17-30(29(33)22-9-5-6-10-24(22)34-3)18-28(32)31-15-13-27-21(14-16-37-27)23(31)19-36-26-12-8-7-11-25(26)35-4/h5-12,14,16,20,23H,13,15,17-19H2,1-4H3/t23-/m1/s1. The molecule has 1 aromatic heterocycles. The van der Waals surface area contributed by atoms with Crippen LogP contribution in [0.2, 0.25) is 0 Å². The summed E-state index contributed by atoms with van der Waals surface area (Å²) < 4.78 is 17.0. The lowest BCUT2D eigenvalue weighted by atomic mass is 10.00. The number of methoxy groups -OCH3 is 2. The molecule has 2 heterocycles. The van der Waals surface area contributed by atoms with E-state index >= 15 is 0 Å². The first-order valence-electron chi connectivity index (χ1n) is 12.5. The monoisotopic (exact) mass is 522 g/mol. The summed E-state index contributed by atoms with van der Waals surface area (Å²) in [5.41, 5.74) is 1.55. The minimum Gasteiger partial charge on any atom is -0.496 e. The van der Waals surface area contributed by atoms with Gasteiger partial charge in [-0.15, -0.1) is 11.3 Å². The molecule has 0 spiro atoms. The summed E-state index contributed by atoms with van der Waals surface area (Å²) in [6.07, 6.45) is 0.786. The van der Waals surface area contributed by atoms with E-state index < -0.39 is 0 Å². The van der Waals surface area contributed by atoms with Gasteiger partial charge < -0.3 is 24.0 Å². The Bertz CT molecular complexity index is 1220. The van der Waals surface area contributed by atoms with Crippen molar-refractivity contribution in [2.24, 2.45) is 5.92 Å². The van der Waals surface area contributed by atoms with Crippen molar-refractivity contribution in [3.8, 4) is 17.2 Å². The van der Waals surface area contributed by atoms with Crippen molar-refractivity contribution in [2.75, 3.05) is 40.5 Å². The summed E-state index contributed by atoms with van der Waals surface area (Å²) in [6, 6.07) is 16.4. The number of carbonyl (C=O) groups excluding carboxylic acids is 2. The van der Waals surface area contributed by atoms with Crippen LogP contribution in [-0.2, 0) is 11.2 Å². The summed E-state index contributed by atoms with van der Waals surface area (Å²) in [5, 5.41) is 2.06. The third kappa shape index (κ3) is 6.07. The molecule has 0 saturated carbocycles. The van der Waals surface area contributed by atoms with Gasteiger partial charge in [-0.3, -0.25) is 9.59 Å². The zero-order chi connectivity index (χ0) is 26.4. The Balaban J connectivity index is 1.56. The van der Waals surface area contributed by atoms with Crippen LogP contribution in [0.25, 0.3) is 0 Å². The van der Waals surface area contributed by atoms with E-state index in [-0.39, 0.29) is 30.3 Å². The molecule has 0 bridgehead atoms. The van der Waals surface area contributed by atoms with E-state index in [4.69, 9.17) is 14.2 Å². The number of amides is 2. The van der Waals surface area contributed by atoms with Crippen molar-refractivity contribution in [1.82, 2.24) is 9.80 Å². The Kier molecular flexibility index (Phi) is 8.71. The second kappa shape index (κ2) is 12.1. The maximum atomic E-state index is 13.8. The molecule has 1 atom stereocenters. The summed E-state index contributed by atoms with van der Waals surface area (Å²) >= 11 is 1.70. The van der Waals surface area contributed by atoms with E-state index in [0.717, 1.165) is 12.0 Å². The molecule has 0 unspecified atom stereocenters. The molecule has 8 heteroatoms. The Morgan fingerprint density at radius 2 is 1.68 bits per heavy atom. The third-order valence-electron chi connectivity index (χ3n) is 6.42. The van der Waals surface area contributed by atoms with E-state index in [0.29, 0.717) is 42.5 Å². The first-order chi connectivity index (χ1) is 17.9. The van der Waals surface area contributed by atoms with Gasteiger partial charge in [-0.1, -0.05) is 38.1 Å². The molecule has 4 rings (SSSR count). The minimum atomic E-state index is -0.255. The average molecular weight is 523 g/mol. The van der Waals surface area contributed by atoms with Gasteiger partial charge in [0.2, 0.25) is 5.91 Å². The highest BCUT2D eigenvalue weighted by atomic mass is 32.1. The van der Waals surface area contributed by atoms with Crippen molar-refractivity contribution in [3.63, 3.8) is 0 Å². The van der Waals surface area contributed by atoms with Gasteiger partial charge in [-0.05, 0) is 53.6 Å². The molecule has 0 saturated heterocycles. The van der Waals surface area contributed by atoms with Crippen LogP contribution in [0.3, 0.4) is 0 Å². The number of hydrogen-bond donors (Lipinski definition) is 0. The molecular formula is C29H34N2O5S. The van der Waals surface area contributed by atoms with Gasteiger partial charge in [0, 0.05) is 18.0 Å². The number of benzene rings is 2. The number of rotatable bonds is 10. The first kappa shape index (κ1) is 26.5. The first-order valence-corrected chi connectivity index (χ1v) is 13.3. The minimum absolute atomic E-state index is 0.0142. The van der Waals surface area contributed by atoms with Crippen LogP contribution in [0.5, 0.6) is 17.2 Å². The summed E-state index contributed by atoms with van der Waals surface area (Å²) in [5.74, 6) is 1.65. The summed E-state index contributed by atoms with van der Waals surface area (Å²) in [7, 11) is 3.15. The van der Waals surface area contributed by atoms with Gasteiger partial charge in [-0.25, -0.2) is 0 Å². The highest BCUT2D eigenvalue weighted by Gasteiger charge is 2.34. The average Bonchev–Trinajstić information content (AvgIpc) is 3.40. The second-order valence-corrected chi connectivity index (χ2v) is 10.4. The van der Waals surface area contributed by atoms with E-state index in [1.807, 2.05) is 49.1 Å². The SMILES string of the molecule is COc1ccccc1OC[C@@H]1c2ccsc2CCN1C(=O)CN(CC(C)C)C(=O)c1ccccc1OC. The molecule has 0 fully saturated rings. The zero-order valence-electron chi connectivity index (χ0n) is 21.8. The normalized spacial score (nSPS) is 14.7. The lowest BCUT2D eigenvalue weighted by Gasteiger charge is -2.37. The predicted molar refractivity (Wildman–Crippen MR) is 145 cm³/mol. The van der Waals surface area contributed by atoms with Crippen LogP contribution in [0.15, 0.2) is 60.0 Å². The molecular weight excluding hydrogens is 488 g/mol. The van der Waals surface area contributed by atoms with Crippen molar-refractivity contribution < 1.29 is 23.8 Å². The van der Waals surface area contributed by atoms with Crippen molar-refractivity contribution in [1.29, 1.82) is 0 Å². The largest absolute Gasteiger partial charge is 0.496 e. The lowest BCUT2D eigenvalue weighted by molar-refractivity contribution is -0.135. The fraction of sp³-hybridized carbons (Fsp3) is 0.379. The Hall–Kier alpha value is -3.52. The van der Waals surface area contributed by atoms with E-state index in [2.05, 4.69) is 11.4 Å². The van der Waals surface area contributed by atoms with Gasteiger partial charge in [0.1, 0.15) is 18.9 Å². The van der Waals surface area contributed by atoms with Gasteiger partial charge in [0.25, 0.3) is 5.91 Å². The number of thiophene rings is 1. The summed E-state index contributed by atoms with van der Waals surface area (Å²) in [6.45, 7) is 5.39. The lowest BCUT2D eigenvalue weighted by Crippen LogP contribution is -2.48. The van der Waals surface area contributed by atoms with Gasteiger partial charge in [0.15, 0.2) is 11.5 Å². The van der Waals surface area contributed by atoms with Gasteiger partial charge in [0.05, 0.1) is 25.8 Å². The van der Waals surface area contributed by atoms with Crippen LogP contribution in [-0.4, -0.2) is 62.1 Å². The number of carbonyl (C=O) groups is 2. The fourth-order valence-electron chi connectivity index (χ4n) is 4.69. The summed E-state index contributed by atoms with van der Waals surface area (Å²) in [4.78, 5) is 32.1. The second-order valence-electron chi connectivity index (χ2n) is 9.39. The molecule has 0 aliphatic carbocycles. The Labute approximate surface area is 222 Å². The Morgan fingerprint density at radius 1 is 1.00 bits per heavy atom. The molecule has 37 heavy (non-hydrogen) atoms. The molecule has 7 nitrogen and oxygen atoms in total. The molecule has 2 aromatic carbocycles. The van der Waals surface area contributed by atoms with Gasteiger partial charge >= 0.3 is 0 Å². The fourth-order valence-corrected chi connectivity index (χ4v) is 5.62. The van der Waals surface area contributed by atoms with E-state index in [1.54, 1.807) is 48.7 Å². The van der Waals surface area contributed by atoms with Crippen molar-refractivity contribution >= 4 is 23.2 Å². The molecule has 1 aliphatic heterocycles. The topological polar surface area (TPSA) is 68.3 Å². The number of fused-ring (bicyclic) bond motifs is 1. The molecule has 3 aromatic rings. The molecule has 2 amide bonds. The molecule has 0 N–H and O–H groups in total. The Morgan fingerprint density at radius 3 is 2.38 bits per heavy atom. The number of ether oxygens (including phenoxy) is 3. The molecule has 1 aliphatic rings. The van der Waals surface area contributed by atoms with Crippen LogP contribution < -0.4 is 14.2 Å². The zero-order valence-corrected chi connectivity index (χ0v) is 22.6. The van der Waals surface area contributed by atoms with Crippen LogP contribution in [0.1, 0.15) is 40.7 Å². The number of para-hydroxylation sites is 3. The quantitative estimate of drug-likeness (QED) is 0.372.